The molecule has 0 unspecified atom stereocenters. The molecule has 6 heteroatoms. The van der Waals surface area contributed by atoms with Gasteiger partial charge in [-0.1, -0.05) is 115 Å². The van der Waals surface area contributed by atoms with Crippen LogP contribution < -0.4 is 10.2 Å². The molecule has 0 spiro atoms. The van der Waals surface area contributed by atoms with E-state index in [0.29, 0.717) is 0 Å². The molecule has 1 N–H and O–H groups in total. The van der Waals surface area contributed by atoms with Gasteiger partial charge in [0, 0.05) is 39.7 Å². The maximum Gasteiger partial charge on any atom is 0.225 e. The summed E-state index contributed by atoms with van der Waals surface area (Å²) >= 11 is 0. The molecule has 0 amide bonds. The lowest BCUT2D eigenvalue weighted by Crippen LogP contribution is -2.37. The lowest BCUT2D eigenvalue weighted by molar-refractivity contribution is 0.565. The van der Waals surface area contributed by atoms with Crippen LogP contribution in [0.15, 0.2) is 168 Å². The molecule has 6 nitrogen and oxygen atoms in total. The zero-order chi connectivity index (χ0) is 30.5. The van der Waals surface area contributed by atoms with Gasteiger partial charge in [0.1, 0.15) is 11.7 Å². The van der Waals surface area contributed by atoms with E-state index in [9.17, 15) is 0 Å². The maximum absolute atomic E-state index is 5.30. The highest BCUT2D eigenvalue weighted by atomic mass is 15.3. The molecule has 4 heterocycles. The van der Waals surface area contributed by atoms with E-state index >= 15 is 0 Å². The lowest BCUT2D eigenvalue weighted by atomic mass is 10.0. The molecule has 218 valence electrons. The number of aliphatic imine (C=N–C) groups is 2. The average molecular weight is 593 g/mol. The molecule has 9 rings (SSSR count). The number of hydrogen-bond donors (Lipinski definition) is 1. The third-order valence-electron chi connectivity index (χ3n) is 8.64. The van der Waals surface area contributed by atoms with Gasteiger partial charge in [-0.15, -0.1) is 0 Å². The number of hydrogen-bond acceptors (Lipinski definition) is 5. The van der Waals surface area contributed by atoms with Crippen molar-refractivity contribution in [2.45, 2.75) is 6.29 Å². The Labute approximate surface area is 266 Å². The fourth-order valence-corrected chi connectivity index (χ4v) is 6.67. The highest BCUT2D eigenvalue weighted by Gasteiger charge is 2.34. The van der Waals surface area contributed by atoms with Gasteiger partial charge in [-0.3, -0.25) is 9.55 Å². The average Bonchev–Trinajstić information content (AvgIpc) is 3.42. The summed E-state index contributed by atoms with van der Waals surface area (Å²) in [6.45, 7) is 0. The van der Waals surface area contributed by atoms with E-state index in [1.165, 1.54) is 0 Å². The first-order chi connectivity index (χ1) is 22.8. The molecule has 2 aliphatic rings. The Morgan fingerprint density at radius 2 is 1.07 bits per heavy atom. The van der Waals surface area contributed by atoms with Crippen LogP contribution in [0.5, 0.6) is 0 Å². The number of aromatic nitrogens is 2. The molecule has 0 fully saturated rings. The molecular weight excluding hydrogens is 564 g/mol. The van der Waals surface area contributed by atoms with Gasteiger partial charge < -0.3 is 10.2 Å². The van der Waals surface area contributed by atoms with Crippen molar-refractivity contribution < 1.29 is 0 Å². The van der Waals surface area contributed by atoms with Crippen LogP contribution in [0, 0.1) is 0 Å². The third-order valence-corrected chi connectivity index (χ3v) is 8.64. The van der Waals surface area contributed by atoms with Crippen LogP contribution in [0.25, 0.3) is 33.4 Å². The van der Waals surface area contributed by atoms with Crippen LogP contribution in [0.1, 0.15) is 17.4 Å². The van der Waals surface area contributed by atoms with E-state index in [1.807, 2.05) is 48.7 Å². The molecule has 0 radical (unpaired) electrons. The quantitative estimate of drug-likeness (QED) is 0.222. The van der Waals surface area contributed by atoms with E-state index in [-0.39, 0.29) is 0 Å². The Morgan fingerprint density at radius 3 is 1.72 bits per heavy atom. The zero-order valence-electron chi connectivity index (χ0n) is 24.8. The van der Waals surface area contributed by atoms with Crippen molar-refractivity contribution in [2.75, 3.05) is 4.90 Å². The first kappa shape index (κ1) is 26.2. The largest absolute Gasteiger partial charge is 0.324 e. The lowest BCUT2D eigenvalue weighted by Gasteiger charge is -2.28. The Bertz CT molecular complexity index is 2230. The van der Waals surface area contributed by atoms with Gasteiger partial charge in [-0.25, -0.2) is 9.98 Å². The molecule has 0 saturated carbocycles. The Kier molecular flexibility index (Phi) is 6.09. The molecular formula is C40H28N6. The van der Waals surface area contributed by atoms with Crippen molar-refractivity contribution >= 4 is 39.8 Å². The summed E-state index contributed by atoms with van der Waals surface area (Å²) in [5, 5.41) is 3.54. The second kappa shape index (κ2) is 10.7. The first-order valence-corrected chi connectivity index (χ1v) is 15.4. The van der Waals surface area contributed by atoms with E-state index in [1.54, 1.807) is 0 Å². The number of anilines is 3. The van der Waals surface area contributed by atoms with Gasteiger partial charge in [-0.05, 0) is 36.4 Å². The molecule has 0 atom stereocenters. The van der Waals surface area contributed by atoms with Gasteiger partial charge in [0.05, 0.1) is 28.1 Å². The first-order valence-electron chi connectivity index (χ1n) is 15.4. The number of benzene rings is 5. The molecule has 2 aliphatic heterocycles. The van der Waals surface area contributed by atoms with Gasteiger partial charge in [0.15, 0.2) is 0 Å². The van der Waals surface area contributed by atoms with Crippen molar-refractivity contribution in [1.82, 2.24) is 14.9 Å². The summed E-state index contributed by atoms with van der Waals surface area (Å²) in [7, 11) is 0. The normalized spacial score (nSPS) is 14.0. The molecule has 7 aromatic rings. The van der Waals surface area contributed by atoms with Gasteiger partial charge in [0.2, 0.25) is 6.29 Å². The Hall–Kier alpha value is -6.27. The SMILES string of the molecule is c1ccc(C2=NC(n3c4c(c5ncccc53)-c3ccccc3N(c3ccccc3)c3ccccc3-4)N=C(c3ccccc3)N2)cc1. The number of nitrogens with one attached hydrogen (secondary N) is 1. The van der Waals surface area contributed by atoms with Crippen LogP contribution in [0.3, 0.4) is 0 Å². The Morgan fingerprint density at radius 1 is 0.522 bits per heavy atom. The fourth-order valence-electron chi connectivity index (χ4n) is 6.67. The zero-order valence-corrected chi connectivity index (χ0v) is 24.8. The van der Waals surface area contributed by atoms with Crippen LogP contribution in [-0.4, -0.2) is 21.2 Å². The van der Waals surface area contributed by atoms with E-state index in [4.69, 9.17) is 15.0 Å². The molecule has 0 saturated heterocycles. The number of fused-ring (bicyclic) bond motifs is 7. The number of para-hydroxylation sites is 3. The minimum Gasteiger partial charge on any atom is -0.324 e. The molecule has 0 bridgehead atoms. The summed E-state index contributed by atoms with van der Waals surface area (Å²) in [6.07, 6.45) is 1.28. The van der Waals surface area contributed by atoms with Crippen molar-refractivity contribution in [3.8, 4) is 22.4 Å². The molecule has 0 aliphatic carbocycles. The van der Waals surface area contributed by atoms with Crippen molar-refractivity contribution in [1.29, 1.82) is 0 Å². The molecule has 46 heavy (non-hydrogen) atoms. The monoisotopic (exact) mass is 592 g/mol. The van der Waals surface area contributed by atoms with E-state index < -0.39 is 6.29 Å². The predicted octanol–water partition coefficient (Wildman–Crippen LogP) is 9.11. The van der Waals surface area contributed by atoms with Crippen LogP contribution >= 0.6 is 0 Å². The van der Waals surface area contributed by atoms with Crippen LogP contribution in [0.4, 0.5) is 17.1 Å². The second-order valence-corrected chi connectivity index (χ2v) is 11.3. The van der Waals surface area contributed by atoms with Gasteiger partial charge in [0.25, 0.3) is 0 Å². The topological polar surface area (TPSA) is 57.8 Å². The third kappa shape index (κ3) is 4.15. The van der Waals surface area contributed by atoms with Gasteiger partial charge >= 0.3 is 0 Å². The summed E-state index contributed by atoms with van der Waals surface area (Å²) in [5.74, 6) is 1.54. The van der Waals surface area contributed by atoms with Gasteiger partial charge in [-0.2, -0.15) is 0 Å². The van der Waals surface area contributed by atoms with E-state index in [0.717, 1.165) is 73.3 Å². The van der Waals surface area contributed by atoms with Crippen LogP contribution in [0.2, 0.25) is 0 Å². The molecule has 2 aromatic heterocycles. The Balaban J connectivity index is 1.38. The maximum atomic E-state index is 5.30. The summed E-state index contributed by atoms with van der Waals surface area (Å²) in [4.78, 5) is 18.0. The number of rotatable bonds is 4. The highest BCUT2D eigenvalue weighted by molar-refractivity contribution is 6.16. The van der Waals surface area contributed by atoms with Crippen molar-refractivity contribution in [3.63, 3.8) is 0 Å². The highest BCUT2D eigenvalue weighted by Crippen LogP contribution is 2.54. The molecule has 5 aromatic carbocycles. The number of pyridine rings is 1. The summed E-state index contributed by atoms with van der Waals surface area (Å²) in [6, 6.07) is 52.4. The summed E-state index contributed by atoms with van der Waals surface area (Å²) < 4.78 is 2.27. The minimum atomic E-state index is -0.592. The smallest absolute Gasteiger partial charge is 0.225 e. The fraction of sp³-hybridized carbons (Fsp3) is 0.0250. The number of amidine groups is 2. The second-order valence-electron chi connectivity index (χ2n) is 11.3. The van der Waals surface area contributed by atoms with Crippen molar-refractivity contribution in [3.05, 3.63) is 169 Å². The standard InChI is InChI=1S/C40H28N6/c1-4-15-27(16-5-1)38-42-39(28-17-6-2-7-18-28)44-40(43-38)46-34-25-14-26-41-36(34)35-30-21-10-12-23-32(30)45(29-19-8-3-9-20-29)33-24-13-11-22-31(33)37(35)46/h1-26,40H,(H,42,43,44). The van der Waals surface area contributed by atoms with E-state index in [2.05, 4.69) is 124 Å². The summed E-state index contributed by atoms with van der Waals surface area (Å²) in [5.41, 5.74) is 11.5. The minimum absolute atomic E-state index is 0.592. The van der Waals surface area contributed by atoms with Crippen molar-refractivity contribution in [2.24, 2.45) is 9.98 Å². The predicted molar refractivity (Wildman–Crippen MR) is 187 cm³/mol. The number of nitrogens with zero attached hydrogens (tertiary/aromatic N) is 5. The van der Waals surface area contributed by atoms with Crippen LogP contribution in [-0.2, 0) is 0 Å².